The fourth-order valence-corrected chi connectivity index (χ4v) is 1.87. The normalized spacial score (nSPS) is 13.2. The first-order chi connectivity index (χ1) is 8.74. The van der Waals surface area contributed by atoms with Crippen LogP contribution in [0.5, 0.6) is 5.75 Å². The van der Waals surface area contributed by atoms with Crippen molar-refractivity contribution in [3.8, 4) is 5.75 Å². The lowest BCUT2D eigenvalue weighted by molar-refractivity contribution is 0.0740. The molecule has 1 amide bonds. The summed E-state index contributed by atoms with van der Waals surface area (Å²) < 4.78 is 10.6. The highest BCUT2D eigenvalue weighted by Crippen LogP contribution is 2.31. The molecule has 0 bridgehead atoms. The number of anilines is 1. The van der Waals surface area contributed by atoms with Crippen molar-refractivity contribution in [2.24, 2.45) is 0 Å². The smallest absolute Gasteiger partial charge is 0.257 e. The van der Waals surface area contributed by atoms with Gasteiger partial charge in [-0.15, -0.1) is 0 Å². The van der Waals surface area contributed by atoms with E-state index in [-0.39, 0.29) is 5.91 Å². The lowest BCUT2D eigenvalue weighted by atomic mass is 10.1. The highest BCUT2D eigenvalue weighted by atomic mass is 16.5. The Morgan fingerprint density at radius 1 is 1.56 bits per heavy atom. The number of carbonyl (C=O) groups is 1. The molecule has 1 heterocycles. The Bertz CT molecular complexity index is 434. The van der Waals surface area contributed by atoms with Crippen molar-refractivity contribution in [3.05, 3.63) is 23.8 Å². The summed E-state index contributed by atoms with van der Waals surface area (Å²) in [5.74, 6) is 0.602. The van der Waals surface area contributed by atoms with E-state index in [2.05, 4.69) is 5.32 Å². The van der Waals surface area contributed by atoms with Crippen molar-refractivity contribution >= 4 is 11.6 Å². The summed E-state index contributed by atoms with van der Waals surface area (Å²) in [5.41, 5.74) is 1.48. The molecule has 1 N–H and O–H groups in total. The zero-order chi connectivity index (χ0) is 13.0. The van der Waals surface area contributed by atoms with Crippen LogP contribution in [0, 0.1) is 0 Å². The van der Waals surface area contributed by atoms with E-state index in [1.165, 1.54) is 0 Å². The quantitative estimate of drug-likeness (QED) is 0.872. The van der Waals surface area contributed by atoms with Gasteiger partial charge in [0.15, 0.2) is 5.75 Å². The van der Waals surface area contributed by atoms with E-state index in [0.717, 1.165) is 12.2 Å². The van der Waals surface area contributed by atoms with E-state index in [1.807, 2.05) is 12.1 Å². The number of ether oxygens (including phenoxy) is 2. The lowest BCUT2D eigenvalue weighted by Gasteiger charge is -2.23. The van der Waals surface area contributed by atoms with Crippen molar-refractivity contribution in [2.75, 3.05) is 45.8 Å². The van der Waals surface area contributed by atoms with Crippen molar-refractivity contribution < 1.29 is 14.3 Å². The number of carbonyl (C=O) groups excluding carboxylic acids is 1. The van der Waals surface area contributed by atoms with Crippen LogP contribution in [0.4, 0.5) is 5.69 Å². The third-order valence-electron chi connectivity index (χ3n) is 2.89. The van der Waals surface area contributed by atoms with Crippen LogP contribution in [-0.4, -0.2) is 51.3 Å². The van der Waals surface area contributed by atoms with Crippen LogP contribution < -0.4 is 10.1 Å². The van der Waals surface area contributed by atoms with Crippen LogP contribution in [0.1, 0.15) is 10.4 Å². The number of nitrogens with zero attached hydrogens (tertiary/aromatic N) is 1. The molecule has 0 radical (unpaired) electrons. The summed E-state index contributed by atoms with van der Waals surface area (Å²) in [7, 11) is 3.38. The minimum atomic E-state index is -0.0485. The maximum Gasteiger partial charge on any atom is 0.257 e. The molecule has 0 spiro atoms. The SMILES string of the molecule is COCCN(C)C(=O)c1cccc2c1OCCN2. The number of benzene rings is 1. The Kier molecular flexibility index (Phi) is 4.04. The van der Waals surface area contributed by atoms with Crippen LogP contribution in [0.25, 0.3) is 0 Å². The average Bonchev–Trinajstić information content (AvgIpc) is 2.43. The molecule has 18 heavy (non-hydrogen) atoms. The molecule has 1 aliphatic heterocycles. The van der Waals surface area contributed by atoms with Crippen LogP contribution in [0.15, 0.2) is 18.2 Å². The molecule has 0 aliphatic carbocycles. The zero-order valence-electron chi connectivity index (χ0n) is 10.7. The summed E-state index contributed by atoms with van der Waals surface area (Å²) in [6, 6.07) is 5.57. The molecular weight excluding hydrogens is 232 g/mol. The second kappa shape index (κ2) is 5.73. The Labute approximate surface area is 107 Å². The molecule has 0 fully saturated rings. The molecule has 98 valence electrons. The molecule has 5 heteroatoms. The largest absolute Gasteiger partial charge is 0.489 e. The van der Waals surface area contributed by atoms with E-state index < -0.39 is 0 Å². The van der Waals surface area contributed by atoms with Gasteiger partial charge in [-0.3, -0.25) is 4.79 Å². The minimum Gasteiger partial charge on any atom is -0.489 e. The van der Waals surface area contributed by atoms with Crippen molar-refractivity contribution in [1.82, 2.24) is 4.90 Å². The number of methoxy groups -OCH3 is 1. The molecule has 0 saturated carbocycles. The van der Waals surface area contributed by atoms with Crippen LogP contribution in [-0.2, 0) is 4.74 Å². The van der Waals surface area contributed by atoms with E-state index in [1.54, 1.807) is 25.1 Å². The molecule has 0 saturated heterocycles. The molecule has 2 rings (SSSR count). The first-order valence-electron chi connectivity index (χ1n) is 5.98. The van der Waals surface area contributed by atoms with Gasteiger partial charge in [-0.25, -0.2) is 0 Å². The van der Waals surface area contributed by atoms with Gasteiger partial charge in [-0.05, 0) is 12.1 Å². The van der Waals surface area contributed by atoms with Crippen LogP contribution in [0.2, 0.25) is 0 Å². The van der Waals surface area contributed by atoms with E-state index >= 15 is 0 Å². The highest BCUT2D eigenvalue weighted by molar-refractivity contribution is 5.98. The van der Waals surface area contributed by atoms with Gasteiger partial charge < -0.3 is 19.7 Å². The number of nitrogens with one attached hydrogen (secondary N) is 1. The molecule has 0 unspecified atom stereocenters. The Hall–Kier alpha value is -1.75. The molecule has 5 nitrogen and oxygen atoms in total. The number of fused-ring (bicyclic) bond motifs is 1. The molecule has 0 aromatic heterocycles. The molecule has 0 atom stereocenters. The number of rotatable bonds is 4. The average molecular weight is 250 g/mol. The first-order valence-corrected chi connectivity index (χ1v) is 5.98. The van der Waals surface area contributed by atoms with Gasteiger partial charge in [-0.1, -0.05) is 6.07 Å². The van der Waals surface area contributed by atoms with Crippen LogP contribution >= 0.6 is 0 Å². The zero-order valence-corrected chi connectivity index (χ0v) is 10.7. The van der Waals surface area contributed by atoms with E-state index in [9.17, 15) is 4.79 Å². The summed E-state index contributed by atoms with van der Waals surface area (Å²) in [4.78, 5) is 13.9. The summed E-state index contributed by atoms with van der Waals surface area (Å²) in [6.45, 7) is 2.44. The predicted octanol–water partition coefficient (Wildman–Crippen LogP) is 1.21. The first kappa shape index (κ1) is 12.7. The molecule has 1 aromatic carbocycles. The number of hydrogen-bond acceptors (Lipinski definition) is 4. The van der Waals surface area contributed by atoms with Crippen LogP contribution in [0.3, 0.4) is 0 Å². The fraction of sp³-hybridized carbons (Fsp3) is 0.462. The number of likely N-dealkylation sites (N-methyl/N-ethyl adjacent to an activating group) is 1. The van der Waals surface area contributed by atoms with Gasteiger partial charge in [0.25, 0.3) is 5.91 Å². The highest BCUT2D eigenvalue weighted by Gasteiger charge is 2.21. The Morgan fingerprint density at radius 2 is 2.39 bits per heavy atom. The summed E-state index contributed by atoms with van der Waals surface area (Å²) in [5, 5.41) is 3.22. The van der Waals surface area contributed by atoms with E-state index in [0.29, 0.717) is 31.1 Å². The van der Waals surface area contributed by atoms with Gasteiger partial charge in [-0.2, -0.15) is 0 Å². The maximum atomic E-state index is 12.3. The number of hydrogen-bond donors (Lipinski definition) is 1. The number of amides is 1. The van der Waals surface area contributed by atoms with Gasteiger partial charge in [0.1, 0.15) is 6.61 Å². The van der Waals surface area contributed by atoms with E-state index in [4.69, 9.17) is 9.47 Å². The lowest BCUT2D eigenvalue weighted by Crippen LogP contribution is -2.31. The summed E-state index contributed by atoms with van der Waals surface area (Å²) in [6.07, 6.45) is 0. The predicted molar refractivity (Wildman–Crippen MR) is 69.3 cm³/mol. The minimum absolute atomic E-state index is 0.0485. The van der Waals surface area contributed by atoms with Gasteiger partial charge in [0, 0.05) is 27.2 Å². The Balaban J connectivity index is 2.19. The second-order valence-corrected chi connectivity index (χ2v) is 4.18. The third-order valence-corrected chi connectivity index (χ3v) is 2.89. The molecule has 1 aromatic rings. The third kappa shape index (κ3) is 2.56. The second-order valence-electron chi connectivity index (χ2n) is 4.18. The molecular formula is C13H18N2O3. The van der Waals surface area contributed by atoms with Gasteiger partial charge >= 0.3 is 0 Å². The standard InChI is InChI=1S/C13H18N2O3/c1-15(7-9-17-2)13(16)10-4-3-5-11-12(10)18-8-6-14-11/h3-5,14H,6-9H2,1-2H3. The van der Waals surface area contributed by atoms with Crippen molar-refractivity contribution in [2.45, 2.75) is 0 Å². The van der Waals surface area contributed by atoms with Gasteiger partial charge in [0.2, 0.25) is 0 Å². The van der Waals surface area contributed by atoms with Crippen molar-refractivity contribution in [3.63, 3.8) is 0 Å². The molecule has 1 aliphatic rings. The maximum absolute atomic E-state index is 12.3. The fourth-order valence-electron chi connectivity index (χ4n) is 1.87. The van der Waals surface area contributed by atoms with Crippen molar-refractivity contribution in [1.29, 1.82) is 0 Å². The summed E-state index contributed by atoms with van der Waals surface area (Å²) >= 11 is 0. The topological polar surface area (TPSA) is 50.8 Å². The Morgan fingerprint density at radius 3 is 3.17 bits per heavy atom. The van der Waals surface area contributed by atoms with Gasteiger partial charge in [0.05, 0.1) is 17.9 Å². The monoisotopic (exact) mass is 250 g/mol. The number of para-hydroxylation sites is 1.